The molecular weight excluding hydrogens is 654 g/mol. The fourth-order valence-corrected chi connectivity index (χ4v) is 9.41. The first-order chi connectivity index (χ1) is 25.7. The third-order valence-corrected chi connectivity index (χ3v) is 12.1. The number of nitrogens with zero attached hydrogens (tertiary/aromatic N) is 1. The maximum absolute atomic E-state index is 7.59. The summed E-state index contributed by atoms with van der Waals surface area (Å²) in [7, 11) is -1.75. The highest BCUT2D eigenvalue weighted by atomic mass is 31.1. The third-order valence-electron chi connectivity index (χ3n) is 10.3. The molecular formula is C48H38NO2P. The summed E-state index contributed by atoms with van der Waals surface area (Å²) in [6.07, 6.45) is 0. The molecule has 0 aliphatic rings. The Balaban J connectivity index is 1.52. The summed E-state index contributed by atoms with van der Waals surface area (Å²) in [5, 5.41) is 6.70. The smallest absolute Gasteiger partial charge is 0.310 e. The molecule has 0 saturated carbocycles. The molecule has 0 radical (unpaired) electrons. The minimum atomic E-state index is -1.75. The second-order valence-electron chi connectivity index (χ2n) is 13.4. The Morgan fingerprint density at radius 3 is 1.17 bits per heavy atom. The van der Waals surface area contributed by atoms with Crippen LogP contribution >= 0.6 is 8.16 Å². The van der Waals surface area contributed by atoms with Gasteiger partial charge in [-0.15, -0.1) is 0 Å². The number of hydrogen-bond donors (Lipinski definition) is 0. The Labute approximate surface area is 305 Å². The number of rotatable bonds is 7. The minimum absolute atomic E-state index is 0.0335. The lowest BCUT2D eigenvalue weighted by Crippen LogP contribution is -2.27. The van der Waals surface area contributed by atoms with Crippen LogP contribution in [-0.4, -0.2) is 0 Å². The van der Waals surface area contributed by atoms with Gasteiger partial charge in [-0.3, -0.25) is 0 Å². The van der Waals surface area contributed by atoms with E-state index in [0.717, 1.165) is 65.7 Å². The zero-order valence-electron chi connectivity index (χ0n) is 29.2. The highest BCUT2D eigenvalue weighted by Gasteiger charge is 2.30. The monoisotopic (exact) mass is 691 g/mol. The largest absolute Gasteiger partial charge is 0.407 e. The van der Waals surface area contributed by atoms with Gasteiger partial charge in [-0.1, -0.05) is 170 Å². The fourth-order valence-electron chi connectivity index (χ4n) is 7.66. The first kappa shape index (κ1) is 32.1. The van der Waals surface area contributed by atoms with Crippen LogP contribution in [0.2, 0.25) is 0 Å². The lowest BCUT2D eigenvalue weighted by molar-refractivity contribution is 0.559. The van der Waals surface area contributed by atoms with Crippen LogP contribution in [0.3, 0.4) is 0 Å². The van der Waals surface area contributed by atoms with Crippen molar-refractivity contribution < 1.29 is 8.39 Å². The summed E-state index contributed by atoms with van der Waals surface area (Å²) < 4.78 is 17.6. The van der Waals surface area contributed by atoms with Gasteiger partial charge in [-0.05, 0) is 69.8 Å². The molecule has 1 heterocycles. The van der Waals surface area contributed by atoms with Gasteiger partial charge in [0.05, 0.1) is 0 Å². The molecule has 9 rings (SSSR count). The average molecular weight is 692 g/mol. The molecule has 0 spiro atoms. The van der Waals surface area contributed by atoms with E-state index in [2.05, 4.69) is 201 Å². The summed E-state index contributed by atoms with van der Waals surface area (Å²) in [6.45, 7) is 4.54. The van der Waals surface area contributed by atoms with Crippen molar-refractivity contribution in [1.29, 1.82) is 0 Å². The molecule has 1 aromatic heterocycles. The predicted molar refractivity (Wildman–Crippen MR) is 220 cm³/mol. The molecule has 252 valence electrons. The van der Waals surface area contributed by atoms with E-state index in [1.165, 1.54) is 11.1 Å². The number of benzene rings is 8. The summed E-state index contributed by atoms with van der Waals surface area (Å²) >= 11 is 0. The van der Waals surface area contributed by atoms with Crippen molar-refractivity contribution in [3.8, 4) is 22.3 Å². The topological polar surface area (TPSA) is 29.5 Å². The molecule has 3 nitrogen and oxygen atoms in total. The molecule has 0 bridgehead atoms. The Hall–Kier alpha value is -5.86. The molecule has 9 aromatic rings. The first-order valence-electron chi connectivity index (χ1n) is 17.9. The first-order valence-corrected chi connectivity index (χ1v) is 19.1. The standard InChI is InChI=1S/C48H38NO2P/c1-33(35-19-7-3-8-20-35)49(34(2)36-21-9-4-10-22-36)52-50-47-43(37-23-11-5-12-24-37)31-39-27-15-17-29-41(39)45(47)46-42-30-18-16-28-40(42)32-44(48(46)51-52)38-25-13-6-14-26-38/h3-34H,1-2H3/t33-,34+. The van der Waals surface area contributed by atoms with E-state index >= 15 is 0 Å². The van der Waals surface area contributed by atoms with E-state index in [1.54, 1.807) is 0 Å². The molecule has 0 saturated heterocycles. The minimum Gasteiger partial charge on any atom is -0.407 e. The Morgan fingerprint density at radius 2 is 0.769 bits per heavy atom. The van der Waals surface area contributed by atoms with E-state index in [1.807, 2.05) is 0 Å². The van der Waals surface area contributed by atoms with Crippen molar-refractivity contribution >= 4 is 51.6 Å². The average Bonchev–Trinajstić information content (AvgIpc) is 3.39. The van der Waals surface area contributed by atoms with Crippen LogP contribution < -0.4 is 4.67 Å². The van der Waals surface area contributed by atoms with Gasteiger partial charge in [-0.2, -0.15) is 4.67 Å². The molecule has 2 atom stereocenters. The lowest BCUT2D eigenvalue weighted by atomic mass is 9.91. The summed E-state index contributed by atoms with van der Waals surface area (Å²) in [4.78, 5) is 0. The van der Waals surface area contributed by atoms with Crippen molar-refractivity contribution in [3.05, 3.63) is 193 Å². The molecule has 0 unspecified atom stereocenters. The van der Waals surface area contributed by atoms with E-state index in [0.29, 0.717) is 0 Å². The number of fused-ring (bicyclic) bond motifs is 7. The number of hydrogen-bond acceptors (Lipinski definition) is 3. The van der Waals surface area contributed by atoms with E-state index in [9.17, 15) is 0 Å². The van der Waals surface area contributed by atoms with Crippen LogP contribution in [0.1, 0.15) is 37.1 Å². The highest BCUT2D eigenvalue weighted by molar-refractivity contribution is 7.39. The van der Waals surface area contributed by atoms with E-state index in [4.69, 9.17) is 8.39 Å². The summed E-state index contributed by atoms with van der Waals surface area (Å²) in [6, 6.07) is 64.6. The molecule has 0 aliphatic carbocycles. The zero-order chi connectivity index (χ0) is 35.0. The second kappa shape index (κ2) is 13.7. The predicted octanol–water partition coefficient (Wildman–Crippen LogP) is 14.4. The maximum atomic E-state index is 7.59. The van der Waals surface area contributed by atoms with Crippen molar-refractivity contribution in [1.82, 2.24) is 0 Å². The Morgan fingerprint density at radius 1 is 0.423 bits per heavy atom. The van der Waals surface area contributed by atoms with Gasteiger partial charge in [0.1, 0.15) is 0 Å². The van der Waals surface area contributed by atoms with Gasteiger partial charge >= 0.3 is 8.16 Å². The van der Waals surface area contributed by atoms with Crippen molar-refractivity contribution in [2.75, 3.05) is 4.67 Å². The molecule has 4 heteroatoms. The fraction of sp³-hybridized carbons (Fsp3) is 0.0833. The van der Waals surface area contributed by atoms with Crippen LogP contribution in [0.4, 0.5) is 0 Å². The van der Waals surface area contributed by atoms with Gasteiger partial charge in [-0.25, -0.2) is 0 Å². The van der Waals surface area contributed by atoms with Crippen LogP contribution in [0.5, 0.6) is 0 Å². The van der Waals surface area contributed by atoms with Gasteiger partial charge < -0.3 is 8.39 Å². The van der Waals surface area contributed by atoms with Crippen LogP contribution in [-0.2, 0) is 0 Å². The molecule has 8 aromatic carbocycles. The lowest BCUT2D eigenvalue weighted by Gasteiger charge is -2.32. The van der Waals surface area contributed by atoms with Crippen LogP contribution in [0, 0.1) is 0 Å². The van der Waals surface area contributed by atoms with E-state index < -0.39 is 8.16 Å². The van der Waals surface area contributed by atoms with Crippen LogP contribution in [0.25, 0.3) is 65.7 Å². The summed E-state index contributed by atoms with van der Waals surface area (Å²) in [5.41, 5.74) is 8.39. The molecule has 0 N–H and O–H groups in total. The molecule has 0 aliphatic heterocycles. The third kappa shape index (κ3) is 5.69. The summed E-state index contributed by atoms with van der Waals surface area (Å²) in [5.74, 6) is 0. The van der Waals surface area contributed by atoms with Gasteiger partial charge in [0.2, 0.25) is 0 Å². The Kier molecular flexibility index (Phi) is 8.45. The maximum Gasteiger partial charge on any atom is 0.310 e. The van der Waals surface area contributed by atoms with E-state index in [-0.39, 0.29) is 12.1 Å². The molecule has 0 amide bonds. The molecule has 0 fully saturated rings. The SMILES string of the molecule is C[C@H](c1ccccc1)N([C@@H](C)c1ccccc1)p1oc2c(-c3ccccc3)cc3ccccc3c2c2c(o1)c(-c1ccccc1)cc1ccccc12. The van der Waals surface area contributed by atoms with Gasteiger partial charge in [0.25, 0.3) is 0 Å². The van der Waals surface area contributed by atoms with Gasteiger partial charge in [0.15, 0.2) is 11.2 Å². The second-order valence-corrected chi connectivity index (χ2v) is 14.7. The van der Waals surface area contributed by atoms with Crippen molar-refractivity contribution in [3.63, 3.8) is 0 Å². The zero-order valence-corrected chi connectivity index (χ0v) is 30.1. The van der Waals surface area contributed by atoms with Crippen LogP contribution in [0.15, 0.2) is 190 Å². The quantitative estimate of drug-likeness (QED) is 0.167. The Bertz CT molecular complexity index is 2520. The normalized spacial score (nSPS) is 12.8. The highest BCUT2D eigenvalue weighted by Crippen LogP contribution is 2.51. The van der Waals surface area contributed by atoms with Crippen molar-refractivity contribution in [2.45, 2.75) is 25.9 Å². The van der Waals surface area contributed by atoms with Gasteiger partial charge in [0, 0.05) is 34.0 Å². The van der Waals surface area contributed by atoms with Crippen molar-refractivity contribution in [2.24, 2.45) is 0 Å². The molecule has 52 heavy (non-hydrogen) atoms.